The molecule has 0 radical (unpaired) electrons. The molecule has 0 saturated carbocycles. The van der Waals surface area contributed by atoms with Gasteiger partial charge in [-0.2, -0.15) is 0 Å². The highest BCUT2D eigenvalue weighted by atomic mass is 35.5. The molecule has 2 aromatic rings. The van der Waals surface area contributed by atoms with Crippen LogP contribution >= 0.6 is 23.2 Å². The summed E-state index contributed by atoms with van der Waals surface area (Å²) in [7, 11) is 0. The summed E-state index contributed by atoms with van der Waals surface area (Å²) in [4.78, 5) is 24.6. The van der Waals surface area contributed by atoms with Crippen molar-refractivity contribution in [1.82, 2.24) is 0 Å². The van der Waals surface area contributed by atoms with Crippen LogP contribution in [0, 0.1) is 0 Å². The van der Waals surface area contributed by atoms with Crippen LogP contribution in [-0.4, -0.2) is 24.5 Å². The van der Waals surface area contributed by atoms with E-state index in [1.54, 1.807) is 30.3 Å². The second-order valence-corrected chi connectivity index (χ2v) is 6.97. The number of carbonyl (C=O) groups excluding carboxylic acids is 2. The van der Waals surface area contributed by atoms with Gasteiger partial charge in [-0.15, -0.1) is 0 Å². The number of benzene rings is 2. The smallest absolute Gasteiger partial charge is 0.340 e. The Morgan fingerprint density at radius 2 is 1.96 bits per heavy atom. The molecule has 1 fully saturated rings. The number of ketones is 1. The van der Waals surface area contributed by atoms with Gasteiger partial charge in [0.2, 0.25) is 5.78 Å². The SMILES string of the molecule is O=C1/C(=C/c2c(Cl)cccc2Cl)Oc2cc(OC(=O)C3CCCO3)ccc21. The van der Waals surface area contributed by atoms with Gasteiger partial charge in [0.05, 0.1) is 5.56 Å². The molecule has 1 saturated heterocycles. The maximum absolute atomic E-state index is 12.6. The van der Waals surface area contributed by atoms with E-state index in [0.29, 0.717) is 45.7 Å². The number of hydrogen-bond donors (Lipinski definition) is 0. The molecule has 2 heterocycles. The van der Waals surface area contributed by atoms with E-state index in [0.717, 1.165) is 6.42 Å². The minimum Gasteiger partial charge on any atom is -0.452 e. The highest BCUT2D eigenvalue weighted by Crippen LogP contribution is 2.36. The van der Waals surface area contributed by atoms with E-state index in [1.165, 1.54) is 12.1 Å². The number of rotatable bonds is 3. The van der Waals surface area contributed by atoms with Crippen LogP contribution in [0.5, 0.6) is 11.5 Å². The predicted molar refractivity (Wildman–Crippen MR) is 100 cm³/mol. The van der Waals surface area contributed by atoms with Crippen LogP contribution in [0.2, 0.25) is 10.0 Å². The van der Waals surface area contributed by atoms with Gasteiger partial charge < -0.3 is 14.2 Å². The average molecular weight is 405 g/mol. The molecule has 27 heavy (non-hydrogen) atoms. The van der Waals surface area contributed by atoms with Gasteiger partial charge in [-0.1, -0.05) is 29.3 Å². The van der Waals surface area contributed by atoms with Crippen LogP contribution in [0.3, 0.4) is 0 Å². The van der Waals surface area contributed by atoms with Crippen molar-refractivity contribution >= 4 is 41.0 Å². The first-order valence-electron chi connectivity index (χ1n) is 8.38. The molecule has 0 aliphatic carbocycles. The molecule has 0 aromatic heterocycles. The summed E-state index contributed by atoms with van der Waals surface area (Å²) >= 11 is 12.3. The number of halogens is 2. The second-order valence-electron chi connectivity index (χ2n) is 6.16. The van der Waals surface area contributed by atoms with Crippen molar-refractivity contribution in [2.45, 2.75) is 18.9 Å². The van der Waals surface area contributed by atoms with Crippen molar-refractivity contribution < 1.29 is 23.8 Å². The quantitative estimate of drug-likeness (QED) is 0.421. The molecule has 4 rings (SSSR count). The van der Waals surface area contributed by atoms with Crippen molar-refractivity contribution in [3.63, 3.8) is 0 Å². The third kappa shape index (κ3) is 3.58. The number of esters is 1. The monoisotopic (exact) mass is 404 g/mol. The van der Waals surface area contributed by atoms with Crippen molar-refractivity contribution in [3.05, 3.63) is 63.3 Å². The number of Topliss-reactive ketones (excluding diaryl/α,β-unsaturated/α-hetero) is 1. The van der Waals surface area contributed by atoms with Crippen LogP contribution < -0.4 is 9.47 Å². The Bertz CT molecular complexity index is 941. The van der Waals surface area contributed by atoms with Crippen LogP contribution in [-0.2, 0) is 9.53 Å². The summed E-state index contributed by atoms with van der Waals surface area (Å²) in [6.07, 6.45) is 2.44. The van der Waals surface area contributed by atoms with Crippen LogP contribution in [0.4, 0.5) is 0 Å². The Morgan fingerprint density at radius 3 is 2.67 bits per heavy atom. The lowest BCUT2D eigenvalue weighted by atomic mass is 10.1. The minimum atomic E-state index is -0.543. The summed E-state index contributed by atoms with van der Waals surface area (Å²) in [6, 6.07) is 9.69. The first-order valence-corrected chi connectivity index (χ1v) is 9.14. The molecule has 0 amide bonds. The first-order chi connectivity index (χ1) is 13.0. The molecule has 7 heteroatoms. The maximum Gasteiger partial charge on any atom is 0.340 e. The Balaban J connectivity index is 1.57. The molecule has 0 spiro atoms. The number of fused-ring (bicyclic) bond motifs is 1. The third-order valence-corrected chi connectivity index (χ3v) is 4.99. The molecule has 2 aliphatic heterocycles. The summed E-state index contributed by atoms with van der Waals surface area (Å²) in [5.41, 5.74) is 0.878. The van der Waals surface area contributed by atoms with Crippen LogP contribution in [0.15, 0.2) is 42.2 Å². The molecule has 2 aromatic carbocycles. The van der Waals surface area contributed by atoms with Gasteiger partial charge in [0, 0.05) is 28.3 Å². The molecule has 2 aliphatic rings. The molecule has 1 unspecified atom stereocenters. The van der Waals surface area contributed by atoms with Crippen molar-refractivity contribution in [3.8, 4) is 11.5 Å². The lowest BCUT2D eigenvalue weighted by molar-refractivity contribution is -0.144. The Kier molecular flexibility index (Phi) is 4.91. The molecule has 0 bridgehead atoms. The van der Waals surface area contributed by atoms with Crippen LogP contribution in [0.25, 0.3) is 6.08 Å². The van der Waals surface area contributed by atoms with Gasteiger partial charge in [-0.3, -0.25) is 4.79 Å². The lowest BCUT2D eigenvalue weighted by Crippen LogP contribution is -2.24. The van der Waals surface area contributed by atoms with E-state index >= 15 is 0 Å². The molecule has 5 nitrogen and oxygen atoms in total. The molecule has 138 valence electrons. The largest absolute Gasteiger partial charge is 0.452 e. The molecular weight excluding hydrogens is 391 g/mol. The number of ether oxygens (including phenoxy) is 3. The topological polar surface area (TPSA) is 61.8 Å². The molecular formula is C20H14Cl2O5. The van der Waals surface area contributed by atoms with Crippen LogP contribution in [0.1, 0.15) is 28.8 Å². The van der Waals surface area contributed by atoms with Gasteiger partial charge >= 0.3 is 5.97 Å². The normalized spacial score (nSPS) is 19.9. The van der Waals surface area contributed by atoms with E-state index in [4.69, 9.17) is 37.4 Å². The van der Waals surface area contributed by atoms with Crippen molar-refractivity contribution in [2.75, 3.05) is 6.61 Å². The van der Waals surface area contributed by atoms with Crippen molar-refractivity contribution in [1.29, 1.82) is 0 Å². The predicted octanol–water partition coefficient (Wildman–Crippen LogP) is 4.69. The summed E-state index contributed by atoms with van der Waals surface area (Å²) in [5.74, 6) is -0.0397. The van der Waals surface area contributed by atoms with E-state index < -0.39 is 12.1 Å². The summed E-state index contributed by atoms with van der Waals surface area (Å²) in [6.45, 7) is 0.556. The number of allylic oxidation sites excluding steroid dienone is 1. The lowest BCUT2D eigenvalue weighted by Gasteiger charge is -2.09. The standard InChI is InChI=1S/C20H14Cl2O5/c21-14-3-1-4-15(22)13(14)10-18-19(23)12-7-6-11(9-17(12)27-18)26-20(24)16-5-2-8-25-16/h1,3-4,6-7,9-10,16H,2,5,8H2/b18-10-. The molecule has 0 N–H and O–H groups in total. The van der Waals surface area contributed by atoms with Gasteiger partial charge in [-0.25, -0.2) is 4.79 Å². The second kappa shape index (κ2) is 7.35. The number of carbonyl (C=O) groups is 2. The van der Waals surface area contributed by atoms with Gasteiger partial charge in [0.15, 0.2) is 11.9 Å². The average Bonchev–Trinajstić information content (AvgIpc) is 3.27. The zero-order chi connectivity index (χ0) is 19.0. The zero-order valence-corrected chi connectivity index (χ0v) is 15.5. The fraction of sp³-hybridized carbons (Fsp3) is 0.200. The Hall–Kier alpha value is -2.34. The fourth-order valence-electron chi connectivity index (χ4n) is 2.96. The Morgan fingerprint density at radius 1 is 1.19 bits per heavy atom. The van der Waals surface area contributed by atoms with E-state index in [9.17, 15) is 9.59 Å². The third-order valence-electron chi connectivity index (χ3n) is 4.33. The highest BCUT2D eigenvalue weighted by Gasteiger charge is 2.30. The first kappa shape index (κ1) is 18.0. The summed E-state index contributed by atoms with van der Waals surface area (Å²) < 4.78 is 16.3. The van der Waals surface area contributed by atoms with Gasteiger partial charge in [0.1, 0.15) is 11.5 Å². The van der Waals surface area contributed by atoms with E-state index in [2.05, 4.69) is 0 Å². The van der Waals surface area contributed by atoms with Gasteiger partial charge in [0.25, 0.3) is 0 Å². The summed E-state index contributed by atoms with van der Waals surface area (Å²) in [5, 5.41) is 0.821. The number of hydrogen-bond acceptors (Lipinski definition) is 5. The zero-order valence-electron chi connectivity index (χ0n) is 14.0. The van der Waals surface area contributed by atoms with Gasteiger partial charge in [-0.05, 0) is 43.2 Å². The minimum absolute atomic E-state index is 0.0996. The highest BCUT2D eigenvalue weighted by molar-refractivity contribution is 6.37. The maximum atomic E-state index is 12.6. The Labute approximate surface area is 165 Å². The van der Waals surface area contributed by atoms with E-state index in [-0.39, 0.29) is 11.5 Å². The van der Waals surface area contributed by atoms with E-state index in [1.807, 2.05) is 0 Å². The fourth-order valence-corrected chi connectivity index (χ4v) is 3.46. The molecule has 1 atom stereocenters. The van der Waals surface area contributed by atoms with Crippen molar-refractivity contribution in [2.24, 2.45) is 0 Å².